The van der Waals surface area contributed by atoms with Crippen molar-refractivity contribution < 1.29 is 9.21 Å². The molecule has 0 spiro atoms. The van der Waals surface area contributed by atoms with Gasteiger partial charge in [-0.25, -0.2) is 0 Å². The van der Waals surface area contributed by atoms with Crippen LogP contribution < -0.4 is 5.32 Å². The highest BCUT2D eigenvalue weighted by Crippen LogP contribution is 2.38. The zero-order chi connectivity index (χ0) is 13.2. The van der Waals surface area contributed by atoms with Crippen molar-refractivity contribution in [1.82, 2.24) is 5.32 Å². The molecule has 1 fully saturated rings. The topological polar surface area (TPSA) is 42.2 Å². The van der Waals surface area contributed by atoms with Crippen LogP contribution in [-0.2, 0) is 4.79 Å². The fourth-order valence-corrected chi connectivity index (χ4v) is 2.36. The highest BCUT2D eigenvalue weighted by atomic mass is 16.3. The van der Waals surface area contributed by atoms with Crippen LogP contribution >= 0.6 is 0 Å². The van der Waals surface area contributed by atoms with Gasteiger partial charge in [0.1, 0.15) is 11.8 Å². The number of carbonyl (C=O) groups is 1. The summed E-state index contributed by atoms with van der Waals surface area (Å²) in [7, 11) is 0. The van der Waals surface area contributed by atoms with Crippen molar-refractivity contribution in [3.63, 3.8) is 0 Å². The number of carbonyl (C=O) groups excluding carboxylic acids is 1. The van der Waals surface area contributed by atoms with Crippen molar-refractivity contribution in [3.05, 3.63) is 60.1 Å². The van der Waals surface area contributed by atoms with Crippen molar-refractivity contribution in [1.29, 1.82) is 0 Å². The Morgan fingerprint density at radius 1 is 1.26 bits per heavy atom. The van der Waals surface area contributed by atoms with E-state index in [-0.39, 0.29) is 17.9 Å². The van der Waals surface area contributed by atoms with Crippen molar-refractivity contribution in [2.24, 2.45) is 11.8 Å². The molecule has 3 atom stereocenters. The summed E-state index contributed by atoms with van der Waals surface area (Å²) in [6, 6.07) is 13.5. The van der Waals surface area contributed by atoms with E-state index < -0.39 is 0 Å². The number of amides is 1. The van der Waals surface area contributed by atoms with E-state index in [1.807, 2.05) is 42.5 Å². The van der Waals surface area contributed by atoms with Crippen LogP contribution in [0.3, 0.4) is 0 Å². The molecule has 0 aliphatic heterocycles. The number of rotatable bonds is 4. The van der Waals surface area contributed by atoms with Crippen molar-refractivity contribution in [2.45, 2.75) is 19.4 Å². The van der Waals surface area contributed by atoms with Gasteiger partial charge >= 0.3 is 0 Å². The third kappa shape index (κ3) is 2.55. The predicted molar refractivity (Wildman–Crippen MR) is 72.4 cm³/mol. The summed E-state index contributed by atoms with van der Waals surface area (Å²) >= 11 is 0. The largest absolute Gasteiger partial charge is 0.467 e. The third-order valence-electron chi connectivity index (χ3n) is 3.69. The van der Waals surface area contributed by atoms with Gasteiger partial charge in [-0.1, -0.05) is 37.3 Å². The molecular weight excluding hydrogens is 238 g/mol. The van der Waals surface area contributed by atoms with Crippen LogP contribution in [0.1, 0.15) is 30.7 Å². The molecule has 1 aliphatic rings. The highest BCUT2D eigenvalue weighted by Gasteiger charge is 2.40. The van der Waals surface area contributed by atoms with Crippen LogP contribution in [0.5, 0.6) is 0 Å². The van der Waals surface area contributed by atoms with Gasteiger partial charge in [0.05, 0.1) is 6.26 Å². The first-order chi connectivity index (χ1) is 9.25. The van der Waals surface area contributed by atoms with E-state index in [1.165, 1.54) is 0 Å². The Labute approximate surface area is 112 Å². The molecule has 3 nitrogen and oxygen atoms in total. The number of furan rings is 1. The van der Waals surface area contributed by atoms with Crippen LogP contribution in [-0.4, -0.2) is 5.91 Å². The Bertz CT molecular complexity index is 547. The van der Waals surface area contributed by atoms with Crippen molar-refractivity contribution in [3.8, 4) is 0 Å². The second-order valence-electron chi connectivity index (χ2n) is 5.19. The summed E-state index contributed by atoms with van der Waals surface area (Å²) in [5, 5.41) is 3.10. The molecule has 1 amide bonds. The second-order valence-corrected chi connectivity index (χ2v) is 5.19. The summed E-state index contributed by atoms with van der Waals surface area (Å²) < 4.78 is 5.46. The van der Waals surface area contributed by atoms with E-state index in [0.29, 0.717) is 5.92 Å². The zero-order valence-electron chi connectivity index (χ0n) is 10.9. The summed E-state index contributed by atoms with van der Waals surface area (Å²) in [4.78, 5) is 12.1. The lowest BCUT2D eigenvalue weighted by molar-refractivity contribution is -0.123. The molecule has 2 aromatic rings. The molecule has 1 aromatic heterocycles. The molecular formula is C16H17NO2. The van der Waals surface area contributed by atoms with E-state index in [1.54, 1.807) is 6.26 Å². The average Bonchev–Trinajstić information content (AvgIpc) is 2.94. The number of nitrogens with one attached hydrogen (secondary N) is 1. The van der Waals surface area contributed by atoms with E-state index in [9.17, 15) is 4.79 Å². The van der Waals surface area contributed by atoms with Gasteiger partial charge < -0.3 is 9.73 Å². The Balaban J connectivity index is 1.83. The Kier molecular flexibility index (Phi) is 3.11. The van der Waals surface area contributed by atoms with E-state index in [0.717, 1.165) is 17.7 Å². The molecule has 0 bridgehead atoms. The molecule has 0 radical (unpaired) electrons. The minimum Gasteiger partial charge on any atom is -0.467 e. The summed E-state index contributed by atoms with van der Waals surface area (Å²) in [6.45, 7) is 2.11. The molecule has 3 heteroatoms. The fraction of sp³-hybridized carbons (Fsp3) is 0.312. The van der Waals surface area contributed by atoms with E-state index in [4.69, 9.17) is 4.42 Å². The third-order valence-corrected chi connectivity index (χ3v) is 3.69. The smallest absolute Gasteiger partial charge is 0.224 e. The van der Waals surface area contributed by atoms with Crippen LogP contribution in [0.4, 0.5) is 0 Å². The van der Waals surface area contributed by atoms with Gasteiger partial charge in [-0.3, -0.25) is 4.79 Å². The Hall–Kier alpha value is -2.03. The molecule has 1 N–H and O–H groups in total. The first-order valence-corrected chi connectivity index (χ1v) is 6.64. The van der Waals surface area contributed by atoms with Gasteiger partial charge in [-0.2, -0.15) is 0 Å². The van der Waals surface area contributed by atoms with Crippen LogP contribution in [0.15, 0.2) is 53.1 Å². The average molecular weight is 255 g/mol. The SMILES string of the molecule is CC1CC1C(=O)NC(c1ccccc1)c1ccco1. The maximum absolute atomic E-state index is 12.1. The molecule has 1 saturated carbocycles. The van der Waals surface area contributed by atoms with Crippen molar-refractivity contribution >= 4 is 5.91 Å². The lowest BCUT2D eigenvalue weighted by atomic mass is 10.0. The lowest BCUT2D eigenvalue weighted by Gasteiger charge is -2.17. The maximum Gasteiger partial charge on any atom is 0.224 e. The molecule has 1 aliphatic carbocycles. The molecule has 0 saturated heterocycles. The normalized spacial score (nSPS) is 22.8. The molecule has 1 aromatic carbocycles. The van der Waals surface area contributed by atoms with Crippen LogP contribution in [0.2, 0.25) is 0 Å². The van der Waals surface area contributed by atoms with Crippen LogP contribution in [0, 0.1) is 11.8 Å². The maximum atomic E-state index is 12.1. The van der Waals surface area contributed by atoms with Gasteiger partial charge in [-0.15, -0.1) is 0 Å². The summed E-state index contributed by atoms with van der Waals surface area (Å²) in [6.07, 6.45) is 2.63. The van der Waals surface area contributed by atoms with Gasteiger partial charge in [0.25, 0.3) is 0 Å². The molecule has 3 rings (SSSR count). The monoisotopic (exact) mass is 255 g/mol. The minimum absolute atomic E-state index is 0.123. The van der Waals surface area contributed by atoms with E-state index >= 15 is 0 Å². The van der Waals surface area contributed by atoms with Gasteiger partial charge in [0.15, 0.2) is 0 Å². The summed E-state index contributed by atoms with van der Waals surface area (Å²) in [5.74, 6) is 1.57. The van der Waals surface area contributed by atoms with Crippen LogP contribution in [0.25, 0.3) is 0 Å². The number of hydrogen-bond donors (Lipinski definition) is 1. The van der Waals surface area contributed by atoms with Gasteiger partial charge in [0, 0.05) is 5.92 Å². The first kappa shape index (κ1) is 12.0. The van der Waals surface area contributed by atoms with Crippen molar-refractivity contribution in [2.75, 3.05) is 0 Å². The highest BCUT2D eigenvalue weighted by molar-refractivity contribution is 5.82. The first-order valence-electron chi connectivity index (χ1n) is 6.64. The van der Waals surface area contributed by atoms with Gasteiger partial charge in [0.2, 0.25) is 5.91 Å². The quantitative estimate of drug-likeness (QED) is 0.912. The zero-order valence-corrected chi connectivity index (χ0v) is 10.9. The number of hydrogen-bond acceptors (Lipinski definition) is 2. The second kappa shape index (κ2) is 4.92. The lowest BCUT2D eigenvalue weighted by Crippen LogP contribution is -2.30. The summed E-state index contributed by atoms with van der Waals surface area (Å²) in [5.41, 5.74) is 1.04. The molecule has 98 valence electrons. The predicted octanol–water partition coefficient (Wildman–Crippen LogP) is 3.14. The molecule has 19 heavy (non-hydrogen) atoms. The Morgan fingerprint density at radius 2 is 2.00 bits per heavy atom. The van der Waals surface area contributed by atoms with Gasteiger partial charge in [-0.05, 0) is 30.0 Å². The standard InChI is InChI=1S/C16H17NO2/c1-11-10-13(11)16(18)17-15(14-8-5-9-19-14)12-6-3-2-4-7-12/h2-9,11,13,15H,10H2,1H3,(H,17,18). The minimum atomic E-state index is -0.198. The van der Waals surface area contributed by atoms with E-state index in [2.05, 4.69) is 12.2 Å². The molecule has 1 heterocycles. The molecule has 3 unspecified atom stereocenters. The fourth-order valence-electron chi connectivity index (χ4n) is 2.36. The Morgan fingerprint density at radius 3 is 2.58 bits per heavy atom. The number of benzene rings is 1.